The largest absolute Gasteiger partial charge is 0.476 e. The van der Waals surface area contributed by atoms with Crippen molar-refractivity contribution < 1.29 is 18.7 Å². The number of hydrogen-bond donors (Lipinski definition) is 2. The predicted molar refractivity (Wildman–Crippen MR) is 81.8 cm³/mol. The molecule has 2 unspecified atom stereocenters. The third kappa shape index (κ3) is 3.29. The molecule has 1 heterocycles. The Bertz CT molecular complexity index is 645. The standard InChI is InChI=1S/C13H14N2O4S2/c1-2-10(9-6-4-3-5-7-9)15(21(18)19)12-11(13(16)17)14-8-20-12/h3-8,10H,2H2,1H3,(H,16,17)(H,18,19). The van der Waals surface area contributed by atoms with Crippen LogP contribution in [-0.4, -0.2) is 24.8 Å². The zero-order valence-electron chi connectivity index (χ0n) is 11.2. The van der Waals surface area contributed by atoms with E-state index in [9.17, 15) is 13.6 Å². The van der Waals surface area contributed by atoms with Gasteiger partial charge in [-0.05, 0) is 12.0 Å². The lowest BCUT2D eigenvalue weighted by atomic mass is 10.0. The highest BCUT2D eigenvalue weighted by Crippen LogP contribution is 2.35. The van der Waals surface area contributed by atoms with Crippen LogP contribution in [0, 0.1) is 0 Å². The van der Waals surface area contributed by atoms with Crippen LogP contribution in [0.25, 0.3) is 0 Å². The molecule has 2 rings (SSSR count). The zero-order chi connectivity index (χ0) is 15.4. The summed E-state index contributed by atoms with van der Waals surface area (Å²) in [4.78, 5) is 15.0. The van der Waals surface area contributed by atoms with Gasteiger partial charge in [0.15, 0.2) is 5.69 Å². The Morgan fingerprint density at radius 2 is 2.10 bits per heavy atom. The van der Waals surface area contributed by atoms with Crippen LogP contribution in [-0.2, 0) is 11.3 Å². The van der Waals surface area contributed by atoms with Crippen molar-refractivity contribution in [2.75, 3.05) is 4.31 Å². The SMILES string of the molecule is CCC(c1ccccc1)N(c1scnc1C(=O)O)S(=O)O. The average molecular weight is 326 g/mol. The van der Waals surface area contributed by atoms with Gasteiger partial charge in [0.1, 0.15) is 5.00 Å². The van der Waals surface area contributed by atoms with Crippen LogP contribution >= 0.6 is 11.3 Å². The second-order valence-corrected chi connectivity index (χ2v) is 5.89. The normalized spacial score (nSPS) is 13.6. The molecule has 21 heavy (non-hydrogen) atoms. The van der Waals surface area contributed by atoms with Crippen molar-refractivity contribution in [3.63, 3.8) is 0 Å². The van der Waals surface area contributed by atoms with Crippen LogP contribution in [0.1, 0.15) is 35.4 Å². The third-order valence-corrected chi connectivity index (χ3v) is 4.69. The summed E-state index contributed by atoms with van der Waals surface area (Å²) in [5, 5.41) is 9.33. The van der Waals surface area contributed by atoms with E-state index in [1.165, 1.54) is 9.82 Å². The second kappa shape index (κ2) is 6.79. The number of aromatic nitrogens is 1. The second-order valence-electron chi connectivity index (χ2n) is 4.20. The highest BCUT2D eigenvalue weighted by molar-refractivity contribution is 7.81. The molecule has 1 aromatic carbocycles. The van der Waals surface area contributed by atoms with Gasteiger partial charge in [-0.1, -0.05) is 37.3 Å². The molecule has 0 amide bonds. The summed E-state index contributed by atoms with van der Waals surface area (Å²) in [5.74, 6) is -1.22. The molecule has 0 bridgehead atoms. The Labute approximate surface area is 128 Å². The Balaban J connectivity index is 2.50. The number of nitrogens with zero attached hydrogens (tertiary/aromatic N) is 2. The lowest BCUT2D eigenvalue weighted by Gasteiger charge is -2.28. The summed E-state index contributed by atoms with van der Waals surface area (Å²) >= 11 is -1.32. The molecular weight excluding hydrogens is 312 g/mol. The van der Waals surface area contributed by atoms with Gasteiger partial charge >= 0.3 is 5.97 Å². The molecule has 0 saturated carbocycles. The topological polar surface area (TPSA) is 90.7 Å². The van der Waals surface area contributed by atoms with E-state index < -0.39 is 23.3 Å². The maximum Gasteiger partial charge on any atom is 0.357 e. The number of hydrogen-bond acceptors (Lipinski definition) is 4. The van der Waals surface area contributed by atoms with E-state index in [2.05, 4.69) is 4.98 Å². The summed E-state index contributed by atoms with van der Waals surface area (Å²) in [6, 6.07) is 8.80. The maximum absolute atomic E-state index is 11.8. The average Bonchev–Trinajstić information content (AvgIpc) is 2.94. The summed E-state index contributed by atoms with van der Waals surface area (Å²) < 4.78 is 22.6. The molecule has 0 saturated heterocycles. The number of carbonyl (C=O) groups is 1. The highest BCUT2D eigenvalue weighted by Gasteiger charge is 2.29. The number of aromatic carboxylic acids is 1. The number of benzene rings is 1. The van der Waals surface area contributed by atoms with Gasteiger partial charge < -0.3 is 5.11 Å². The minimum absolute atomic E-state index is 0.180. The van der Waals surface area contributed by atoms with Gasteiger partial charge in [0.25, 0.3) is 11.3 Å². The first-order valence-electron chi connectivity index (χ1n) is 6.18. The van der Waals surface area contributed by atoms with Crippen molar-refractivity contribution in [1.82, 2.24) is 4.98 Å². The molecule has 6 nitrogen and oxygen atoms in total. The molecule has 0 fully saturated rings. The number of rotatable bonds is 6. The summed E-state index contributed by atoms with van der Waals surface area (Å²) in [5.41, 5.74) is 1.99. The fourth-order valence-electron chi connectivity index (χ4n) is 2.08. The predicted octanol–water partition coefficient (Wildman–Crippen LogP) is 2.94. The van der Waals surface area contributed by atoms with E-state index in [-0.39, 0.29) is 10.7 Å². The monoisotopic (exact) mass is 326 g/mol. The summed E-state index contributed by atoms with van der Waals surface area (Å²) in [7, 11) is 0. The van der Waals surface area contributed by atoms with E-state index in [4.69, 9.17) is 5.11 Å². The van der Waals surface area contributed by atoms with Crippen LogP contribution in [0.4, 0.5) is 5.00 Å². The molecule has 2 N–H and O–H groups in total. The van der Waals surface area contributed by atoms with Crippen molar-refractivity contribution in [2.24, 2.45) is 0 Å². The van der Waals surface area contributed by atoms with Gasteiger partial charge in [0.2, 0.25) is 0 Å². The molecule has 8 heteroatoms. The van der Waals surface area contributed by atoms with E-state index >= 15 is 0 Å². The molecule has 2 aromatic rings. The number of carboxylic acid groups (broad SMARTS) is 1. The summed E-state index contributed by atoms with van der Waals surface area (Å²) in [6.07, 6.45) is 0.549. The van der Waals surface area contributed by atoms with Gasteiger partial charge in [-0.15, -0.1) is 11.3 Å². The highest BCUT2D eigenvalue weighted by atomic mass is 32.2. The molecule has 112 valence electrons. The quantitative estimate of drug-likeness (QED) is 0.797. The molecule has 0 aliphatic heterocycles. The number of anilines is 1. The van der Waals surface area contributed by atoms with Crippen molar-refractivity contribution in [1.29, 1.82) is 0 Å². The summed E-state index contributed by atoms with van der Waals surface area (Å²) in [6.45, 7) is 1.87. The van der Waals surface area contributed by atoms with E-state index in [1.807, 2.05) is 37.3 Å². The van der Waals surface area contributed by atoms with Crippen LogP contribution in [0.3, 0.4) is 0 Å². The Morgan fingerprint density at radius 3 is 2.62 bits per heavy atom. The molecule has 0 radical (unpaired) electrons. The van der Waals surface area contributed by atoms with Crippen molar-refractivity contribution in [3.8, 4) is 0 Å². The van der Waals surface area contributed by atoms with E-state index in [0.717, 1.165) is 16.9 Å². The lowest BCUT2D eigenvalue weighted by Crippen LogP contribution is -2.30. The molecule has 0 spiro atoms. The molecule has 0 aliphatic carbocycles. The number of carboxylic acids is 1. The van der Waals surface area contributed by atoms with E-state index in [1.54, 1.807) is 0 Å². The van der Waals surface area contributed by atoms with Gasteiger partial charge in [0.05, 0.1) is 11.6 Å². The molecule has 2 atom stereocenters. The first-order valence-corrected chi connectivity index (χ1v) is 8.12. The van der Waals surface area contributed by atoms with Crippen LogP contribution < -0.4 is 4.31 Å². The molecule has 0 aliphatic rings. The Morgan fingerprint density at radius 1 is 1.43 bits per heavy atom. The zero-order valence-corrected chi connectivity index (χ0v) is 12.8. The first-order chi connectivity index (χ1) is 10.1. The fourth-order valence-corrected chi connectivity index (χ4v) is 3.85. The van der Waals surface area contributed by atoms with Crippen LogP contribution in [0.5, 0.6) is 0 Å². The Kier molecular flexibility index (Phi) is 5.05. The van der Waals surface area contributed by atoms with Crippen molar-refractivity contribution in [3.05, 3.63) is 47.1 Å². The fraction of sp³-hybridized carbons (Fsp3) is 0.231. The first kappa shape index (κ1) is 15.6. The van der Waals surface area contributed by atoms with Crippen molar-refractivity contribution >= 4 is 33.6 Å². The smallest absolute Gasteiger partial charge is 0.357 e. The van der Waals surface area contributed by atoms with Gasteiger partial charge in [-0.3, -0.25) is 4.55 Å². The molecular formula is C13H14N2O4S2. The van der Waals surface area contributed by atoms with Gasteiger partial charge in [-0.2, -0.15) is 0 Å². The van der Waals surface area contributed by atoms with Crippen molar-refractivity contribution in [2.45, 2.75) is 19.4 Å². The molecule has 1 aromatic heterocycles. The van der Waals surface area contributed by atoms with Gasteiger partial charge in [-0.25, -0.2) is 18.3 Å². The van der Waals surface area contributed by atoms with Gasteiger partial charge in [0, 0.05) is 0 Å². The third-order valence-electron chi connectivity index (χ3n) is 2.97. The Hall–Kier alpha value is -1.77. The minimum atomic E-state index is -2.35. The minimum Gasteiger partial charge on any atom is -0.476 e. The van der Waals surface area contributed by atoms with Crippen LogP contribution in [0.15, 0.2) is 35.8 Å². The van der Waals surface area contributed by atoms with E-state index in [0.29, 0.717) is 6.42 Å². The maximum atomic E-state index is 11.8. The van der Waals surface area contributed by atoms with Crippen LogP contribution in [0.2, 0.25) is 0 Å². The number of thiazole rings is 1. The lowest BCUT2D eigenvalue weighted by molar-refractivity contribution is 0.0692.